The number of amides is 1. The third-order valence-electron chi connectivity index (χ3n) is 4.73. The van der Waals surface area contributed by atoms with E-state index in [1.165, 1.54) is 31.0 Å². The number of halogens is 1. The van der Waals surface area contributed by atoms with E-state index in [0.717, 1.165) is 27.4 Å². The van der Waals surface area contributed by atoms with Crippen molar-refractivity contribution in [1.29, 1.82) is 0 Å². The summed E-state index contributed by atoms with van der Waals surface area (Å²) in [5.74, 6) is 1.82. The van der Waals surface area contributed by atoms with Crippen LogP contribution in [-0.4, -0.2) is 32.5 Å². The lowest BCUT2D eigenvalue weighted by Gasteiger charge is -2.29. The largest absolute Gasteiger partial charge is 0.352 e. The molecular formula is C18H23BrN4OS. The molecule has 1 N–H and O–H groups in total. The average molecular weight is 423 g/mol. The second kappa shape index (κ2) is 8.36. The third kappa shape index (κ3) is 4.64. The second-order valence-electron chi connectivity index (χ2n) is 6.60. The first-order valence-corrected chi connectivity index (χ1v) is 10.4. The Hall–Kier alpha value is -1.34. The Morgan fingerprint density at radius 1 is 1.28 bits per heavy atom. The van der Waals surface area contributed by atoms with Crippen LogP contribution in [0.3, 0.4) is 0 Å². The lowest BCUT2D eigenvalue weighted by Crippen LogP contribution is -2.41. The Balaban J connectivity index is 1.58. The van der Waals surface area contributed by atoms with E-state index >= 15 is 0 Å². The molecule has 1 amide bonds. The van der Waals surface area contributed by atoms with Gasteiger partial charge in [-0.2, -0.15) is 0 Å². The molecule has 2 aromatic rings. The number of thioether (sulfide) groups is 1. The second-order valence-corrected chi connectivity index (χ2v) is 8.45. The van der Waals surface area contributed by atoms with Gasteiger partial charge in [-0.1, -0.05) is 59.6 Å². The van der Waals surface area contributed by atoms with Gasteiger partial charge in [0.25, 0.3) is 0 Å². The van der Waals surface area contributed by atoms with Gasteiger partial charge >= 0.3 is 0 Å². The summed E-state index contributed by atoms with van der Waals surface area (Å²) >= 11 is 4.87. The zero-order valence-corrected chi connectivity index (χ0v) is 16.9. The van der Waals surface area contributed by atoms with E-state index in [2.05, 4.69) is 38.4 Å². The van der Waals surface area contributed by atoms with Crippen LogP contribution in [0.1, 0.15) is 32.6 Å². The average Bonchev–Trinajstić information content (AvgIpc) is 2.97. The van der Waals surface area contributed by atoms with E-state index in [-0.39, 0.29) is 5.91 Å². The molecule has 0 unspecified atom stereocenters. The van der Waals surface area contributed by atoms with Crippen molar-refractivity contribution in [3.63, 3.8) is 0 Å². The molecule has 3 rings (SSSR count). The van der Waals surface area contributed by atoms with Crippen molar-refractivity contribution >= 4 is 33.6 Å². The molecule has 0 bridgehead atoms. The van der Waals surface area contributed by atoms with Gasteiger partial charge in [-0.3, -0.25) is 4.79 Å². The fraction of sp³-hybridized carbons (Fsp3) is 0.500. The molecule has 1 heterocycles. The van der Waals surface area contributed by atoms with Gasteiger partial charge in [0.05, 0.1) is 5.75 Å². The van der Waals surface area contributed by atoms with E-state index < -0.39 is 0 Å². The quantitative estimate of drug-likeness (QED) is 0.738. The number of nitrogens with one attached hydrogen (secondary N) is 1. The highest BCUT2D eigenvalue weighted by Crippen LogP contribution is 2.25. The van der Waals surface area contributed by atoms with Crippen molar-refractivity contribution in [2.45, 2.75) is 43.8 Å². The summed E-state index contributed by atoms with van der Waals surface area (Å²) in [5.41, 5.74) is 1.01. The number of aromatic nitrogens is 3. The summed E-state index contributed by atoms with van der Waals surface area (Å²) in [6, 6.07) is 8.28. The first-order valence-electron chi connectivity index (χ1n) is 8.62. The highest BCUT2D eigenvalue weighted by molar-refractivity contribution is 9.10. The van der Waals surface area contributed by atoms with Crippen LogP contribution >= 0.6 is 27.7 Å². The summed E-state index contributed by atoms with van der Waals surface area (Å²) in [6.07, 6.45) is 4.79. The third-order valence-corrected chi connectivity index (χ3v) is 6.28. The Labute approximate surface area is 161 Å². The van der Waals surface area contributed by atoms with Gasteiger partial charge < -0.3 is 9.88 Å². The van der Waals surface area contributed by atoms with Crippen LogP contribution in [0.25, 0.3) is 11.4 Å². The molecule has 1 aliphatic carbocycles. The molecule has 25 heavy (non-hydrogen) atoms. The summed E-state index contributed by atoms with van der Waals surface area (Å²) in [6.45, 7) is 2.23. The minimum Gasteiger partial charge on any atom is -0.352 e. The molecule has 1 fully saturated rings. The standard InChI is InChI=1S/C18H23BrN4OS/c1-12-5-3-4-6-15(12)20-16(24)11-25-18-22-21-17(23(18)2)13-7-9-14(19)10-8-13/h7-10,12,15H,3-6,11H2,1-2H3,(H,20,24)/t12-,15-/m0/s1. The highest BCUT2D eigenvalue weighted by Gasteiger charge is 2.23. The van der Waals surface area contributed by atoms with Gasteiger partial charge in [0.15, 0.2) is 11.0 Å². The Morgan fingerprint density at radius 2 is 2.00 bits per heavy atom. The summed E-state index contributed by atoms with van der Waals surface area (Å²) in [4.78, 5) is 12.3. The predicted octanol–water partition coefficient (Wildman–Crippen LogP) is 4.03. The van der Waals surface area contributed by atoms with Crippen molar-refractivity contribution in [2.24, 2.45) is 13.0 Å². The Morgan fingerprint density at radius 3 is 2.72 bits per heavy atom. The molecule has 0 aliphatic heterocycles. The van der Waals surface area contributed by atoms with Crippen LogP contribution in [0, 0.1) is 5.92 Å². The SMILES string of the molecule is C[C@H]1CCCC[C@@H]1NC(=O)CSc1nnc(-c2ccc(Br)cc2)n1C. The minimum absolute atomic E-state index is 0.0805. The topological polar surface area (TPSA) is 59.8 Å². The summed E-state index contributed by atoms with van der Waals surface area (Å²) < 4.78 is 2.96. The summed E-state index contributed by atoms with van der Waals surface area (Å²) in [7, 11) is 1.93. The maximum absolute atomic E-state index is 12.3. The normalized spacial score (nSPS) is 20.4. The number of benzene rings is 1. The molecule has 1 aromatic heterocycles. The minimum atomic E-state index is 0.0805. The first-order chi connectivity index (χ1) is 12.0. The van der Waals surface area contributed by atoms with Crippen molar-refractivity contribution in [3.05, 3.63) is 28.7 Å². The Bertz CT molecular complexity index is 731. The number of nitrogens with zero attached hydrogens (tertiary/aromatic N) is 3. The molecule has 0 radical (unpaired) electrons. The molecule has 134 valence electrons. The number of carbonyl (C=O) groups is 1. The lowest BCUT2D eigenvalue weighted by atomic mass is 9.86. The number of hydrogen-bond acceptors (Lipinski definition) is 4. The van der Waals surface area contributed by atoms with Crippen molar-refractivity contribution in [1.82, 2.24) is 20.1 Å². The number of carbonyl (C=O) groups excluding carboxylic acids is 1. The molecule has 1 saturated carbocycles. The fourth-order valence-electron chi connectivity index (χ4n) is 3.20. The van der Waals surface area contributed by atoms with Crippen LogP contribution in [0.15, 0.2) is 33.9 Å². The van der Waals surface area contributed by atoms with Crippen molar-refractivity contribution in [2.75, 3.05) is 5.75 Å². The number of hydrogen-bond donors (Lipinski definition) is 1. The van der Waals surface area contributed by atoms with Crippen molar-refractivity contribution < 1.29 is 4.79 Å². The molecule has 0 spiro atoms. The molecule has 0 saturated heterocycles. The molecule has 5 nitrogen and oxygen atoms in total. The van der Waals surface area contributed by atoms with E-state index in [9.17, 15) is 4.79 Å². The van der Waals surface area contributed by atoms with Crippen molar-refractivity contribution in [3.8, 4) is 11.4 Å². The smallest absolute Gasteiger partial charge is 0.230 e. The van der Waals surface area contributed by atoms with Crippen LogP contribution in [0.4, 0.5) is 0 Å². The van der Waals surface area contributed by atoms with Gasteiger partial charge in [-0.15, -0.1) is 10.2 Å². The molecular weight excluding hydrogens is 400 g/mol. The number of rotatable bonds is 5. The maximum atomic E-state index is 12.3. The van der Waals surface area contributed by atoms with Gasteiger partial charge in [0, 0.05) is 23.1 Å². The predicted molar refractivity (Wildman–Crippen MR) is 104 cm³/mol. The van der Waals surface area contributed by atoms with E-state index in [0.29, 0.717) is 17.7 Å². The van der Waals surface area contributed by atoms with Crippen LogP contribution in [0.5, 0.6) is 0 Å². The monoisotopic (exact) mass is 422 g/mol. The van der Waals surface area contributed by atoms with Gasteiger partial charge in [-0.05, 0) is 30.9 Å². The van der Waals surface area contributed by atoms with Gasteiger partial charge in [0.1, 0.15) is 0 Å². The van der Waals surface area contributed by atoms with E-state index in [4.69, 9.17) is 0 Å². The lowest BCUT2D eigenvalue weighted by molar-refractivity contribution is -0.119. The van der Waals surface area contributed by atoms with Crippen LogP contribution in [0.2, 0.25) is 0 Å². The fourth-order valence-corrected chi connectivity index (χ4v) is 4.19. The van der Waals surface area contributed by atoms with Crippen LogP contribution < -0.4 is 5.32 Å². The summed E-state index contributed by atoms with van der Waals surface area (Å²) in [5, 5.41) is 12.4. The van der Waals surface area contributed by atoms with E-state index in [1.54, 1.807) is 0 Å². The zero-order chi connectivity index (χ0) is 17.8. The van der Waals surface area contributed by atoms with E-state index in [1.807, 2.05) is 35.9 Å². The molecule has 1 aromatic carbocycles. The maximum Gasteiger partial charge on any atom is 0.230 e. The Kier molecular flexibility index (Phi) is 6.17. The molecule has 2 atom stereocenters. The molecule has 7 heteroatoms. The highest BCUT2D eigenvalue weighted by atomic mass is 79.9. The zero-order valence-electron chi connectivity index (χ0n) is 14.5. The van der Waals surface area contributed by atoms with Gasteiger partial charge in [-0.25, -0.2) is 0 Å². The van der Waals surface area contributed by atoms with Crippen LogP contribution in [-0.2, 0) is 11.8 Å². The molecule has 1 aliphatic rings. The van der Waals surface area contributed by atoms with Gasteiger partial charge in [0.2, 0.25) is 5.91 Å². The first kappa shape index (κ1) is 18.5.